The molecular weight excluding hydrogens is 156 g/mol. The fourth-order valence-electron chi connectivity index (χ4n) is 0.427. The summed E-state index contributed by atoms with van der Waals surface area (Å²) in [5.74, 6) is 0.0275. The van der Waals surface area contributed by atoms with Crippen LogP contribution in [0.2, 0.25) is 0 Å². The van der Waals surface area contributed by atoms with E-state index in [1.54, 1.807) is 6.92 Å². The van der Waals surface area contributed by atoms with Crippen molar-refractivity contribution in [3.63, 3.8) is 0 Å². The molecule has 0 aromatic heterocycles. The molecule has 0 N–H and O–H groups in total. The van der Waals surface area contributed by atoms with Crippen LogP contribution in [0.1, 0.15) is 6.92 Å². The van der Waals surface area contributed by atoms with Gasteiger partial charge in [-0.1, -0.05) is 0 Å². The Bertz CT molecular complexity index is 192. The molecular formula is C5H10O4S. The molecule has 0 amide bonds. The molecule has 0 saturated carbocycles. The Labute approximate surface area is 60.3 Å². The maximum atomic E-state index is 10.7. The van der Waals surface area contributed by atoms with Crippen molar-refractivity contribution in [2.24, 2.45) is 0 Å². The number of hydrogen-bond acceptors (Lipinski definition) is 4. The highest BCUT2D eigenvalue weighted by Gasteiger charge is 2.24. The standard InChI is InChI=1S/C5H10O4S/c1-2-10(6,7)9-4-5-3-8-5/h5H,2-4H2,1H3. The molecule has 0 aromatic carbocycles. The lowest BCUT2D eigenvalue weighted by atomic mass is 10.5. The Kier molecular flexibility index (Phi) is 2.28. The molecule has 10 heavy (non-hydrogen) atoms. The molecule has 0 radical (unpaired) electrons. The lowest BCUT2D eigenvalue weighted by molar-refractivity contribution is 0.267. The number of rotatable bonds is 4. The second kappa shape index (κ2) is 2.86. The molecule has 0 bridgehead atoms. The first kappa shape index (κ1) is 7.97. The second-order valence-corrected chi connectivity index (χ2v) is 4.01. The average Bonchev–Trinajstić information content (AvgIpc) is 2.66. The average molecular weight is 166 g/mol. The Hall–Kier alpha value is -0.130. The van der Waals surface area contributed by atoms with Crippen LogP contribution in [0.3, 0.4) is 0 Å². The van der Waals surface area contributed by atoms with E-state index in [0.717, 1.165) is 0 Å². The van der Waals surface area contributed by atoms with Crippen molar-refractivity contribution in [3.8, 4) is 0 Å². The molecule has 1 fully saturated rings. The van der Waals surface area contributed by atoms with E-state index in [-0.39, 0.29) is 18.5 Å². The van der Waals surface area contributed by atoms with Gasteiger partial charge in [0, 0.05) is 0 Å². The maximum absolute atomic E-state index is 10.7. The van der Waals surface area contributed by atoms with Crippen LogP contribution in [-0.4, -0.2) is 33.5 Å². The van der Waals surface area contributed by atoms with Gasteiger partial charge in [0.05, 0.1) is 19.0 Å². The molecule has 5 heteroatoms. The Morgan fingerprint density at radius 3 is 2.70 bits per heavy atom. The molecule has 4 nitrogen and oxygen atoms in total. The summed E-state index contributed by atoms with van der Waals surface area (Å²) in [6, 6.07) is 0. The van der Waals surface area contributed by atoms with Gasteiger partial charge in [0.15, 0.2) is 0 Å². The van der Waals surface area contributed by atoms with Crippen molar-refractivity contribution in [1.29, 1.82) is 0 Å². The van der Waals surface area contributed by atoms with E-state index in [0.29, 0.717) is 6.61 Å². The molecule has 0 aromatic rings. The smallest absolute Gasteiger partial charge is 0.267 e. The first-order valence-corrected chi connectivity index (χ1v) is 4.70. The van der Waals surface area contributed by atoms with E-state index < -0.39 is 10.1 Å². The fourth-order valence-corrected chi connectivity index (χ4v) is 0.953. The Morgan fingerprint density at radius 2 is 2.30 bits per heavy atom. The monoisotopic (exact) mass is 166 g/mol. The Balaban J connectivity index is 2.22. The van der Waals surface area contributed by atoms with Gasteiger partial charge in [0.1, 0.15) is 6.10 Å². The normalized spacial score (nSPS) is 24.7. The zero-order chi connectivity index (χ0) is 7.61. The van der Waals surface area contributed by atoms with Crippen molar-refractivity contribution >= 4 is 10.1 Å². The third-order valence-electron chi connectivity index (χ3n) is 1.19. The van der Waals surface area contributed by atoms with Crippen LogP contribution >= 0.6 is 0 Å². The van der Waals surface area contributed by atoms with Crippen LogP contribution in [0, 0.1) is 0 Å². The molecule has 1 unspecified atom stereocenters. The van der Waals surface area contributed by atoms with E-state index >= 15 is 0 Å². The summed E-state index contributed by atoms with van der Waals surface area (Å²) in [4.78, 5) is 0. The van der Waals surface area contributed by atoms with Crippen LogP contribution in [-0.2, 0) is 19.0 Å². The van der Waals surface area contributed by atoms with E-state index in [2.05, 4.69) is 4.18 Å². The summed E-state index contributed by atoms with van der Waals surface area (Å²) in [6.45, 7) is 2.35. The van der Waals surface area contributed by atoms with Crippen LogP contribution in [0.15, 0.2) is 0 Å². The fraction of sp³-hybridized carbons (Fsp3) is 1.00. The van der Waals surface area contributed by atoms with E-state index in [1.807, 2.05) is 0 Å². The lowest BCUT2D eigenvalue weighted by Gasteiger charge is -1.98. The largest absolute Gasteiger partial charge is 0.371 e. The minimum absolute atomic E-state index is 0.0151. The van der Waals surface area contributed by atoms with Gasteiger partial charge in [0.25, 0.3) is 10.1 Å². The van der Waals surface area contributed by atoms with Gasteiger partial charge in [-0.15, -0.1) is 0 Å². The predicted molar refractivity (Wildman–Crippen MR) is 35.2 cm³/mol. The number of hydrogen-bond donors (Lipinski definition) is 0. The summed E-state index contributed by atoms with van der Waals surface area (Å²) in [6.07, 6.45) is 0.0151. The van der Waals surface area contributed by atoms with Gasteiger partial charge in [-0.25, -0.2) is 0 Å². The molecule has 60 valence electrons. The zero-order valence-corrected chi connectivity index (χ0v) is 6.56. The second-order valence-electron chi connectivity index (χ2n) is 2.09. The van der Waals surface area contributed by atoms with Crippen molar-refractivity contribution in [1.82, 2.24) is 0 Å². The topological polar surface area (TPSA) is 55.9 Å². The molecule has 1 heterocycles. The Morgan fingerprint density at radius 1 is 1.70 bits per heavy atom. The van der Waals surface area contributed by atoms with E-state index in [1.165, 1.54) is 0 Å². The number of ether oxygens (including phenoxy) is 1. The summed E-state index contributed by atoms with van der Waals surface area (Å²) in [5.41, 5.74) is 0. The van der Waals surface area contributed by atoms with Crippen molar-refractivity contribution in [2.75, 3.05) is 19.0 Å². The van der Waals surface area contributed by atoms with Gasteiger partial charge in [-0.05, 0) is 6.92 Å². The van der Waals surface area contributed by atoms with Crippen molar-refractivity contribution in [3.05, 3.63) is 0 Å². The summed E-state index contributed by atoms with van der Waals surface area (Å²) in [5, 5.41) is 0. The summed E-state index contributed by atoms with van der Waals surface area (Å²) in [7, 11) is -3.25. The summed E-state index contributed by atoms with van der Waals surface area (Å²) >= 11 is 0. The molecule has 0 aliphatic carbocycles. The molecule has 0 spiro atoms. The quantitative estimate of drug-likeness (QED) is 0.427. The molecule has 1 saturated heterocycles. The highest BCUT2D eigenvalue weighted by molar-refractivity contribution is 7.86. The molecule has 1 rings (SSSR count). The summed E-state index contributed by atoms with van der Waals surface area (Å²) < 4.78 is 30.6. The molecule has 1 aliphatic heterocycles. The maximum Gasteiger partial charge on any atom is 0.267 e. The minimum Gasteiger partial charge on any atom is -0.371 e. The van der Waals surface area contributed by atoms with Crippen LogP contribution in [0.4, 0.5) is 0 Å². The van der Waals surface area contributed by atoms with Crippen LogP contribution in [0.25, 0.3) is 0 Å². The minimum atomic E-state index is -3.25. The zero-order valence-electron chi connectivity index (χ0n) is 5.74. The third-order valence-corrected chi connectivity index (χ3v) is 2.39. The van der Waals surface area contributed by atoms with Gasteiger partial charge in [-0.3, -0.25) is 4.18 Å². The van der Waals surface area contributed by atoms with Gasteiger partial charge in [-0.2, -0.15) is 8.42 Å². The molecule has 1 atom stereocenters. The lowest BCUT2D eigenvalue weighted by Crippen LogP contribution is -2.12. The highest BCUT2D eigenvalue weighted by atomic mass is 32.2. The van der Waals surface area contributed by atoms with Crippen molar-refractivity contribution in [2.45, 2.75) is 13.0 Å². The highest BCUT2D eigenvalue weighted by Crippen LogP contribution is 2.10. The van der Waals surface area contributed by atoms with Crippen LogP contribution < -0.4 is 0 Å². The van der Waals surface area contributed by atoms with Crippen LogP contribution in [0.5, 0.6) is 0 Å². The SMILES string of the molecule is CCS(=O)(=O)OCC1CO1. The first-order chi connectivity index (χ1) is 4.64. The third kappa shape index (κ3) is 2.64. The number of epoxide rings is 1. The van der Waals surface area contributed by atoms with Gasteiger partial charge in [0.2, 0.25) is 0 Å². The first-order valence-electron chi connectivity index (χ1n) is 3.13. The van der Waals surface area contributed by atoms with Crippen molar-refractivity contribution < 1.29 is 17.3 Å². The predicted octanol–water partition coefficient (Wildman–Crippen LogP) is -0.248. The van der Waals surface area contributed by atoms with E-state index in [4.69, 9.17) is 4.74 Å². The molecule has 1 aliphatic rings. The van der Waals surface area contributed by atoms with Gasteiger partial charge < -0.3 is 4.74 Å². The van der Waals surface area contributed by atoms with Gasteiger partial charge >= 0.3 is 0 Å². The van der Waals surface area contributed by atoms with E-state index in [9.17, 15) is 8.42 Å².